The quantitative estimate of drug-likeness (QED) is 0.840. The molecule has 2 aromatic rings. The van der Waals surface area contributed by atoms with Gasteiger partial charge in [-0.15, -0.1) is 11.3 Å². The summed E-state index contributed by atoms with van der Waals surface area (Å²) in [6.07, 6.45) is 0. The van der Waals surface area contributed by atoms with E-state index in [2.05, 4.69) is 4.98 Å². The molecule has 5 nitrogen and oxygen atoms in total. The van der Waals surface area contributed by atoms with Crippen molar-refractivity contribution in [1.82, 2.24) is 4.98 Å². The number of anilines is 2. The number of hydrogen-bond donors (Lipinski definition) is 2. The first kappa shape index (κ1) is 13.3. The van der Waals surface area contributed by atoms with Gasteiger partial charge in [-0.2, -0.15) is 0 Å². The zero-order chi connectivity index (χ0) is 14.0. The number of thiazole rings is 1. The first-order chi connectivity index (χ1) is 8.99. The largest absolute Gasteiger partial charge is 0.478 e. The Labute approximate surface area is 113 Å². The number of carboxylic acid groups (broad SMARTS) is 1. The Morgan fingerprint density at radius 3 is 2.89 bits per heavy atom. The number of carboxylic acids is 1. The van der Waals surface area contributed by atoms with Crippen LogP contribution in [0.2, 0.25) is 0 Å². The monoisotopic (exact) mass is 281 g/mol. The second kappa shape index (κ2) is 5.23. The van der Waals surface area contributed by atoms with Gasteiger partial charge >= 0.3 is 5.97 Å². The SMILES string of the molecule is CN(Cc1cscn1)c1cc(F)c(C(=O)O)cc1N. The van der Waals surface area contributed by atoms with Crippen LogP contribution in [0, 0.1) is 5.82 Å². The van der Waals surface area contributed by atoms with Crippen molar-refractivity contribution in [2.45, 2.75) is 6.54 Å². The van der Waals surface area contributed by atoms with E-state index in [9.17, 15) is 9.18 Å². The average Bonchev–Trinajstić information content (AvgIpc) is 2.83. The van der Waals surface area contributed by atoms with Crippen LogP contribution in [-0.2, 0) is 6.54 Å². The highest BCUT2D eigenvalue weighted by Gasteiger charge is 2.16. The molecule has 0 amide bonds. The molecule has 19 heavy (non-hydrogen) atoms. The number of aromatic carboxylic acids is 1. The molecule has 1 aromatic carbocycles. The lowest BCUT2D eigenvalue weighted by Gasteiger charge is -2.20. The number of nitrogen functional groups attached to an aromatic ring is 1. The summed E-state index contributed by atoms with van der Waals surface area (Å²) in [6, 6.07) is 2.26. The Morgan fingerprint density at radius 2 is 2.32 bits per heavy atom. The molecule has 0 radical (unpaired) electrons. The summed E-state index contributed by atoms with van der Waals surface area (Å²) in [5, 5.41) is 10.7. The van der Waals surface area contributed by atoms with E-state index in [1.165, 1.54) is 11.3 Å². The molecule has 1 aromatic heterocycles. The van der Waals surface area contributed by atoms with Gasteiger partial charge in [0.1, 0.15) is 5.82 Å². The van der Waals surface area contributed by atoms with Crippen molar-refractivity contribution < 1.29 is 14.3 Å². The van der Waals surface area contributed by atoms with E-state index in [1.54, 1.807) is 17.5 Å². The zero-order valence-electron chi connectivity index (χ0n) is 10.1. The van der Waals surface area contributed by atoms with E-state index >= 15 is 0 Å². The standard InChI is InChI=1S/C12H12FN3O2S/c1-16(4-7-5-19-6-15-7)11-3-9(13)8(12(17)18)2-10(11)14/h2-3,5-6H,4,14H2,1H3,(H,17,18). The molecule has 0 aliphatic carbocycles. The van der Waals surface area contributed by atoms with Gasteiger partial charge in [-0.1, -0.05) is 0 Å². The minimum absolute atomic E-state index is 0.219. The molecule has 0 aliphatic rings. The molecule has 100 valence electrons. The number of aromatic nitrogens is 1. The molecule has 0 unspecified atom stereocenters. The third-order valence-electron chi connectivity index (χ3n) is 2.64. The Bertz CT molecular complexity index is 601. The molecular formula is C12H12FN3O2S. The first-order valence-electron chi connectivity index (χ1n) is 5.39. The normalized spacial score (nSPS) is 10.4. The molecule has 0 aliphatic heterocycles. The highest BCUT2D eigenvalue weighted by Crippen LogP contribution is 2.27. The van der Waals surface area contributed by atoms with Crippen molar-refractivity contribution in [2.24, 2.45) is 0 Å². The summed E-state index contributed by atoms with van der Waals surface area (Å²) < 4.78 is 13.6. The summed E-state index contributed by atoms with van der Waals surface area (Å²) >= 11 is 1.47. The fraction of sp³-hybridized carbons (Fsp3) is 0.167. The zero-order valence-corrected chi connectivity index (χ0v) is 10.9. The molecule has 0 atom stereocenters. The Hall–Kier alpha value is -2.15. The van der Waals surface area contributed by atoms with Gasteiger partial charge in [0.05, 0.1) is 34.7 Å². The third-order valence-corrected chi connectivity index (χ3v) is 3.28. The molecule has 0 bridgehead atoms. The van der Waals surface area contributed by atoms with Gasteiger partial charge in [0, 0.05) is 18.5 Å². The van der Waals surface area contributed by atoms with Gasteiger partial charge < -0.3 is 15.7 Å². The third kappa shape index (κ3) is 2.82. The van der Waals surface area contributed by atoms with Crippen molar-refractivity contribution in [3.8, 4) is 0 Å². The summed E-state index contributed by atoms with van der Waals surface area (Å²) in [7, 11) is 1.74. The van der Waals surface area contributed by atoms with Gasteiger partial charge in [-0.25, -0.2) is 14.2 Å². The molecule has 1 heterocycles. The summed E-state index contributed by atoms with van der Waals surface area (Å²) in [6.45, 7) is 0.472. The van der Waals surface area contributed by atoms with Crippen molar-refractivity contribution in [2.75, 3.05) is 17.7 Å². The summed E-state index contributed by atoms with van der Waals surface area (Å²) in [5.74, 6) is -2.14. The number of rotatable bonds is 4. The van der Waals surface area contributed by atoms with Crippen LogP contribution in [-0.4, -0.2) is 23.1 Å². The lowest BCUT2D eigenvalue weighted by molar-refractivity contribution is 0.0692. The summed E-state index contributed by atoms with van der Waals surface area (Å²) in [5.41, 5.74) is 8.55. The van der Waals surface area contributed by atoms with Crippen LogP contribution in [0.25, 0.3) is 0 Å². The fourth-order valence-electron chi connectivity index (χ4n) is 1.72. The second-order valence-corrected chi connectivity index (χ2v) is 4.75. The molecule has 2 rings (SSSR count). The number of benzene rings is 1. The topological polar surface area (TPSA) is 79.5 Å². The first-order valence-corrected chi connectivity index (χ1v) is 6.34. The van der Waals surface area contributed by atoms with Crippen LogP contribution >= 0.6 is 11.3 Å². The van der Waals surface area contributed by atoms with E-state index in [4.69, 9.17) is 10.8 Å². The minimum atomic E-state index is -1.34. The van der Waals surface area contributed by atoms with E-state index < -0.39 is 17.3 Å². The van der Waals surface area contributed by atoms with Crippen molar-refractivity contribution in [3.05, 3.63) is 40.1 Å². The highest BCUT2D eigenvalue weighted by molar-refractivity contribution is 7.07. The molecule has 0 spiro atoms. The van der Waals surface area contributed by atoms with Gasteiger partial charge in [0.25, 0.3) is 0 Å². The lowest BCUT2D eigenvalue weighted by Crippen LogP contribution is -2.19. The van der Waals surface area contributed by atoms with Gasteiger partial charge in [-0.3, -0.25) is 0 Å². The van der Waals surface area contributed by atoms with Gasteiger partial charge in [0.15, 0.2) is 0 Å². The number of nitrogens with two attached hydrogens (primary N) is 1. The fourth-order valence-corrected chi connectivity index (χ4v) is 2.27. The smallest absolute Gasteiger partial charge is 0.338 e. The molecule has 0 fully saturated rings. The molecule has 0 saturated heterocycles. The minimum Gasteiger partial charge on any atom is -0.478 e. The molecule has 7 heteroatoms. The van der Waals surface area contributed by atoms with Crippen molar-refractivity contribution in [3.63, 3.8) is 0 Å². The predicted molar refractivity (Wildman–Crippen MR) is 72.0 cm³/mol. The molecule has 0 saturated carbocycles. The van der Waals surface area contributed by atoms with Crippen LogP contribution < -0.4 is 10.6 Å². The van der Waals surface area contributed by atoms with Crippen LogP contribution in [0.15, 0.2) is 23.0 Å². The van der Waals surface area contributed by atoms with Crippen molar-refractivity contribution >= 4 is 28.7 Å². The summed E-state index contributed by atoms with van der Waals surface area (Å²) in [4.78, 5) is 16.6. The van der Waals surface area contributed by atoms with E-state index in [0.717, 1.165) is 17.8 Å². The van der Waals surface area contributed by atoms with Gasteiger partial charge in [-0.05, 0) is 6.07 Å². The van der Waals surface area contributed by atoms with Crippen molar-refractivity contribution in [1.29, 1.82) is 0 Å². The molecule has 3 N–H and O–H groups in total. The number of nitrogens with zero attached hydrogens (tertiary/aromatic N) is 2. The van der Waals surface area contributed by atoms with Crippen LogP contribution in [0.4, 0.5) is 15.8 Å². The number of halogens is 1. The van der Waals surface area contributed by atoms with Crippen LogP contribution in [0.5, 0.6) is 0 Å². The van der Waals surface area contributed by atoms with Crippen LogP contribution in [0.3, 0.4) is 0 Å². The maximum absolute atomic E-state index is 13.6. The maximum Gasteiger partial charge on any atom is 0.338 e. The predicted octanol–water partition coefficient (Wildman–Crippen LogP) is 2.20. The lowest BCUT2D eigenvalue weighted by atomic mass is 10.1. The van der Waals surface area contributed by atoms with Gasteiger partial charge in [0.2, 0.25) is 0 Å². The van der Waals surface area contributed by atoms with Crippen LogP contribution in [0.1, 0.15) is 16.1 Å². The van der Waals surface area contributed by atoms with E-state index in [1.807, 2.05) is 5.38 Å². The number of hydrogen-bond acceptors (Lipinski definition) is 5. The van der Waals surface area contributed by atoms with E-state index in [-0.39, 0.29) is 5.69 Å². The maximum atomic E-state index is 13.6. The Balaban J connectivity index is 2.29. The Kier molecular flexibility index (Phi) is 3.66. The van der Waals surface area contributed by atoms with E-state index in [0.29, 0.717) is 12.2 Å². The average molecular weight is 281 g/mol. The number of carbonyl (C=O) groups is 1. The highest BCUT2D eigenvalue weighted by atomic mass is 32.1. The molecular weight excluding hydrogens is 269 g/mol. The Morgan fingerprint density at radius 1 is 1.58 bits per heavy atom. The second-order valence-electron chi connectivity index (χ2n) is 4.03.